The van der Waals surface area contributed by atoms with Gasteiger partial charge in [-0.3, -0.25) is 14.4 Å². The van der Waals surface area contributed by atoms with Crippen molar-refractivity contribution in [2.24, 2.45) is 0 Å². The van der Waals surface area contributed by atoms with Crippen LogP contribution >= 0.6 is 0 Å². The normalized spacial score (nSPS) is 12.9. The monoisotopic (exact) mass is 407 g/mol. The number of carbonyl (C=O) groups is 2. The molecule has 7 nitrogen and oxygen atoms in total. The van der Waals surface area contributed by atoms with Crippen LogP contribution in [0.3, 0.4) is 0 Å². The SMILES string of the molecule is C[C@H](OC(=O)CCc1nc2ccccc2c(=O)[nH]1)C(=O)NC[C@H](C)c1ccccc1. The lowest BCUT2D eigenvalue weighted by atomic mass is 10.0. The third-order valence-electron chi connectivity index (χ3n) is 4.86. The number of ether oxygens (including phenoxy) is 1. The number of hydrogen-bond donors (Lipinski definition) is 2. The van der Waals surface area contributed by atoms with E-state index in [9.17, 15) is 14.4 Å². The van der Waals surface area contributed by atoms with Gasteiger partial charge in [0.05, 0.1) is 17.3 Å². The van der Waals surface area contributed by atoms with E-state index in [2.05, 4.69) is 15.3 Å². The summed E-state index contributed by atoms with van der Waals surface area (Å²) in [6.07, 6.45) is -0.665. The number of esters is 1. The van der Waals surface area contributed by atoms with Gasteiger partial charge in [0.25, 0.3) is 11.5 Å². The van der Waals surface area contributed by atoms with Gasteiger partial charge in [-0.15, -0.1) is 0 Å². The van der Waals surface area contributed by atoms with Crippen LogP contribution in [0.4, 0.5) is 0 Å². The summed E-state index contributed by atoms with van der Waals surface area (Å²) < 4.78 is 5.22. The van der Waals surface area contributed by atoms with Crippen molar-refractivity contribution in [2.45, 2.75) is 38.7 Å². The third-order valence-corrected chi connectivity index (χ3v) is 4.86. The van der Waals surface area contributed by atoms with E-state index in [0.29, 0.717) is 23.3 Å². The van der Waals surface area contributed by atoms with E-state index in [1.807, 2.05) is 37.3 Å². The summed E-state index contributed by atoms with van der Waals surface area (Å²) in [6.45, 7) is 4.01. The molecule has 3 rings (SSSR count). The lowest BCUT2D eigenvalue weighted by Crippen LogP contribution is -2.37. The zero-order valence-corrected chi connectivity index (χ0v) is 17.1. The molecule has 0 unspecified atom stereocenters. The third kappa shape index (κ3) is 5.53. The summed E-state index contributed by atoms with van der Waals surface area (Å²) in [5, 5.41) is 3.31. The number of fused-ring (bicyclic) bond motifs is 1. The molecule has 0 spiro atoms. The van der Waals surface area contributed by atoms with Crippen molar-refractivity contribution in [3.63, 3.8) is 0 Å². The van der Waals surface area contributed by atoms with Crippen molar-refractivity contribution < 1.29 is 14.3 Å². The van der Waals surface area contributed by atoms with Crippen LogP contribution in [0, 0.1) is 0 Å². The fraction of sp³-hybridized carbons (Fsp3) is 0.304. The maximum atomic E-state index is 12.2. The molecule has 2 N–H and O–H groups in total. The van der Waals surface area contributed by atoms with Crippen molar-refractivity contribution >= 4 is 22.8 Å². The second-order valence-electron chi connectivity index (χ2n) is 7.22. The van der Waals surface area contributed by atoms with Gasteiger partial charge in [-0.1, -0.05) is 49.4 Å². The maximum absolute atomic E-state index is 12.2. The molecule has 0 aliphatic carbocycles. The van der Waals surface area contributed by atoms with Gasteiger partial charge < -0.3 is 15.0 Å². The number of aryl methyl sites for hydroxylation is 1. The Bertz CT molecular complexity index is 1080. The van der Waals surface area contributed by atoms with Gasteiger partial charge in [0, 0.05) is 13.0 Å². The summed E-state index contributed by atoms with van der Waals surface area (Å²) in [5.41, 5.74) is 1.45. The fourth-order valence-electron chi connectivity index (χ4n) is 3.08. The smallest absolute Gasteiger partial charge is 0.307 e. The highest BCUT2D eigenvalue weighted by molar-refractivity contribution is 5.83. The Kier molecular flexibility index (Phi) is 6.95. The first-order valence-electron chi connectivity index (χ1n) is 9.94. The van der Waals surface area contributed by atoms with Crippen LogP contribution in [0.1, 0.15) is 37.6 Å². The Morgan fingerprint density at radius 3 is 2.53 bits per heavy atom. The van der Waals surface area contributed by atoms with Crippen LogP contribution < -0.4 is 10.9 Å². The van der Waals surface area contributed by atoms with Gasteiger partial charge in [-0.2, -0.15) is 0 Å². The number of aromatic nitrogens is 2. The minimum Gasteiger partial charge on any atom is -0.453 e. The van der Waals surface area contributed by atoms with Gasteiger partial charge in [-0.25, -0.2) is 4.98 Å². The Morgan fingerprint density at radius 1 is 1.07 bits per heavy atom. The highest BCUT2D eigenvalue weighted by atomic mass is 16.5. The zero-order valence-electron chi connectivity index (χ0n) is 17.1. The largest absolute Gasteiger partial charge is 0.453 e. The van der Waals surface area contributed by atoms with Gasteiger partial charge in [-0.05, 0) is 30.5 Å². The Labute approximate surface area is 174 Å². The molecule has 30 heavy (non-hydrogen) atoms. The molecule has 0 aliphatic heterocycles. The van der Waals surface area contributed by atoms with E-state index in [0.717, 1.165) is 5.56 Å². The number of hydrogen-bond acceptors (Lipinski definition) is 5. The molecule has 3 aromatic rings. The number of H-pyrrole nitrogens is 1. The van der Waals surface area contributed by atoms with E-state index < -0.39 is 12.1 Å². The first-order chi connectivity index (χ1) is 14.4. The number of aromatic amines is 1. The van der Waals surface area contributed by atoms with Crippen molar-refractivity contribution in [1.82, 2.24) is 15.3 Å². The molecule has 0 aliphatic rings. The second kappa shape index (κ2) is 9.82. The number of amides is 1. The molecule has 156 valence electrons. The van der Waals surface area contributed by atoms with E-state index >= 15 is 0 Å². The molecule has 2 aromatic carbocycles. The average molecular weight is 407 g/mol. The molecule has 1 amide bonds. The summed E-state index contributed by atoms with van der Waals surface area (Å²) in [7, 11) is 0. The van der Waals surface area contributed by atoms with E-state index in [1.54, 1.807) is 24.3 Å². The quantitative estimate of drug-likeness (QED) is 0.559. The molecule has 0 radical (unpaired) electrons. The summed E-state index contributed by atoms with van der Waals surface area (Å²) in [5.74, 6) is -0.314. The molecule has 1 heterocycles. The van der Waals surface area contributed by atoms with Crippen LogP contribution in [0.5, 0.6) is 0 Å². The van der Waals surface area contributed by atoms with Gasteiger partial charge in [0.15, 0.2) is 6.10 Å². The van der Waals surface area contributed by atoms with E-state index in [1.165, 1.54) is 6.92 Å². The number of carbonyl (C=O) groups excluding carboxylic acids is 2. The van der Waals surface area contributed by atoms with E-state index in [-0.39, 0.29) is 30.2 Å². The minimum absolute atomic E-state index is 0.0132. The number of benzene rings is 2. The fourth-order valence-corrected chi connectivity index (χ4v) is 3.08. The predicted molar refractivity (Wildman–Crippen MR) is 114 cm³/mol. The number of nitrogens with zero attached hydrogens (tertiary/aromatic N) is 1. The highest BCUT2D eigenvalue weighted by Gasteiger charge is 2.19. The Hall–Kier alpha value is -3.48. The topological polar surface area (TPSA) is 101 Å². The Balaban J connectivity index is 1.47. The standard InChI is InChI=1S/C23H25N3O4/c1-15(17-8-4-3-5-9-17)14-24-22(28)16(2)30-21(27)13-12-20-25-19-11-7-6-10-18(19)23(29)26-20/h3-11,15-16H,12-14H2,1-2H3,(H,24,28)(H,25,26,29)/t15-,16-/m0/s1. The maximum Gasteiger partial charge on any atom is 0.307 e. The van der Waals surface area contributed by atoms with Crippen LogP contribution in [-0.2, 0) is 20.7 Å². The minimum atomic E-state index is -0.899. The number of rotatable bonds is 8. The molecule has 0 bridgehead atoms. The first kappa shape index (κ1) is 21.2. The zero-order chi connectivity index (χ0) is 21.5. The van der Waals surface area contributed by atoms with Crippen LogP contribution in [0.25, 0.3) is 10.9 Å². The molecule has 7 heteroatoms. The van der Waals surface area contributed by atoms with Crippen LogP contribution in [-0.4, -0.2) is 34.5 Å². The summed E-state index contributed by atoms with van der Waals surface area (Å²) >= 11 is 0. The number of para-hydroxylation sites is 1. The predicted octanol–water partition coefficient (Wildman–Crippen LogP) is 2.71. The highest BCUT2D eigenvalue weighted by Crippen LogP contribution is 2.13. The molecule has 2 atom stereocenters. The Morgan fingerprint density at radius 2 is 1.77 bits per heavy atom. The molecular weight excluding hydrogens is 382 g/mol. The van der Waals surface area contributed by atoms with Crippen molar-refractivity contribution in [2.75, 3.05) is 6.54 Å². The van der Waals surface area contributed by atoms with Crippen molar-refractivity contribution in [1.29, 1.82) is 0 Å². The van der Waals surface area contributed by atoms with Crippen LogP contribution in [0.15, 0.2) is 59.4 Å². The van der Waals surface area contributed by atoms with Gasteiger partial charge >= 0.3 is 5.97 Å². The lowest BCUT2D eigenvalue weighted by molar-refractivity contribution is -0.154. The summed E-state index contributed by atoms with van der Waals surface area (Å²) in [4.78, 5) is 43.5. The second-order valence-corrected chi connectivity index (χ2v) is 7.22. The lowest BCUT2D eigenvalue weighted by Gasteiger charge is -2.16. The molecular formula is C23H25N3O4. The molecule has 0 saturated heterocycles. The van der Waals surface area contributed by atoms with Crippen molar-refractivity contribution in [3.8, 4) is 0 Å². The van der Waals surface area contributed by atoms with Gasteiger partial charge in [0.2, 0.25) is 0 Å². The first-order valence-corrected chi connectivity index (χ1v) is 9.94. The average Bonchev–Trinajstić information content (AvgIpc) is 2.76. The van der Waals surface area contributed by atoms with E-state index in [4.69, 9.17) is 4.74 Å². The summed E-state index contributed by atoms with van der Waals surface area (Å²) in [6, 6.07) is 16.9. The molecule has 0 fully saturated rings. The molecule has 0 saturated carbocycles. The molecule has 1 aromatic heterocycles. The number of nitrogens with one attached hydrogen (secondary N) is 2. The van der Waals surface area contributed by atoms with Crippen molar-refractivity contribution in [3.05, 3.63) is 76.3 Å². The van der Waals surface area contributed by atoms with Crippen LogP contribution in [0.2, 0.25) is 0 Å². The van der Waals surface area contributed by atoms with Gasteiger partial charge in [0.1, 0.15) is 5.82 Å².